The number of benzene rings is 3. The maximum atomic E-state index is 2.17. The van der Waals surface area contributed by atoms with Crippen molar-refractivity contribution in [1.29, 1.82) is 0 Å². The Kier molecular flexibility index (Phi) is 13.8. The topological polar surface area (TPSA) is 0 Å². The quantitative estimate of drug-likeness (QED) is 0.396. The molecule has 0 aromatic heterocycles. The van der Waals surface area contributed by atoms with Gasteiger partial charge in [0, 0.05) is 0 Å². The van der Waals surface area contributed by atoms with Gasteiger partial charge in [0.2, 0.25) is 0 Å². The molecule has 0 heterocycles. The zero-order valence-electron chi connectivity index (χ0n) is 16.7. The van der Waals surface area contributed by atoms with Crippen molar-refractivity contribution in [2.45, 2.75) is 41.5 Å². The summed E-state index contributed by atoms with van der Waals surface area (Å²) < 4.78 is 0. The molecule has 0 aliphatic heterocycles. The fourth-order valence-electron chi connectivity index (χ4n) is 1.60. The Hall–Kier alpha value is -2.34. The fraction of sp³-hybridized carbons (Fsp3) is 0.280. The second-order valence-electron chi connectivity index (χ2n) is 6.70. The molecule has 0 saturated heterocycles. The van der Waals surface area contributed by atoms with Gasteiger partial charge in [0.1, 0.15) is 0 Å². The van der Waals surface area contributed by atoms with E-state index in [-0.39, 0.29) is 0 Å². The van der Waals surface area contributed by atoms with Crippen molar-refractivity contribution >= 4 is 0 Å². The highest BCUT2D eigenvalue weighted by molar-refractivity contribution is 5.12. The molecule has 3 aromatic carbocycles. The Morgan fingerprint density at radius 3 is 0.640 bits per heavy atom. The van der Waals surface area contributed by atoms with Gasteiger partial charge in [-0.05, 0) is 26.7 Å². The summed E-state index contributed by atoms with van der Waals surface area (Å²) in [5.74, 6) is 0.833. The SMILES string of the molecule is CC(C)C.Cc1ccccc1.Cc1ccccc1.Cc1ccccc1. The Bertz CT molecular complexity index is 518. The molecule has 0 fully saturated rings. The van der Waals surface area contributed by atoms with Crippen molar-refractivity contribution in [1.82, 2.24) is 0 Å². The lowest BCUT2D eigenvalue weighted by Crippen LogP contribution is -1.66. The van der Waals surface area contributed by atoms with E-state index in [0.717, 1.165) is 5.92 Å². The van der Waals surface area contributed by atoms with Crippen molar-refractivity contribution < 1.29 is 0 Å². The minimum absolute atomic E-state index is 0.833. The lowest BCUT2D eigenvalue weighted by molar-refractivity contribution is 0.737. The van der Waals surface area contributed by atoms with E-state index in [9.17, 15) is 0 Å². The van der Waals surface area contributed by atoms with E-state index in [1.165, 1.54) is 16.7 Å². The van der Waals surface area contributed by atoms with Gasteiger partial charge in [-0.2, -0.15) is 0 Å². The standard InChI is InChI=1S/3C7H8.C4H10/c3*1-7-5-3-2-4-6-7;1-4(2)3/h3*2-6H,1H3;4H,1-3H3. The zero-order valence-corrected chi connectivity index (χ0v) is 16.7. The first-order valence-corrected chi connectivity index (χ1v) is 8.96. The van der Waals surface area contributed by atoms with Crippen molar-refractivity contribution in [3.8, 4) is 0 Å². The van der Waals surface area contributed by atoms with Crippen LogP contribution in [0.1, 0.15) is 37.5 Å². The third kappa shape index (κ3) is 17.8. The van der Waals surface area contributed by atoms with Crippen LogP contribution in [0.25, 0.3) is 0 Å². The van der Waals surface area contributed by atoms with E-state index >= 15 is 0 Å². The molecule has 0 amide bonds. The maximum absolute atomic E-state index is 2.17. The Morgan fingerprint density at radius 2 is 0.560 bits per heavy atom. The molecule has 0 radical (unpaired) electrons. The summed E-state index contributed by atoms with van der Waals surface area (Å²) in [5.41, 5.74) is 3.97. The highest BCUT2D eigenvalue weighted by atomic mass is 13.8. The summed E-state index contributed by atoms with van der Waals surface area (Å²) in [6.45, 7) is 12.8. The van der Waals surface area contributed by atoms with E-state index in [0.29, 0.717) is 0 Å². The van der Waals surface area contributed by atoms with Gasteiger partial charge in [-0.3, -0.25) is 0 Å². The first-order valence-electron chi connectivity index (χ1n) is 8.96. The smallest absolute Gasteiger partial charge is 0.0398 e. The number of hydrogen-bond donors (Lipinski definition) is 0. The second-order valence-corrected chi connectivity index (χ2v) is 6.70. The fourth-order valence-corrected chi connectivity index (χ4v) is 1.60. The minimum atomic E-state index is 0.833. The number of aryl methyl sites for hydroxylation is 3. The summed E-state index contributed by atoms with van der Waals surface area (Å²) in [4.78, 5) is 0. The third-order valence-electron chi connectivity index (χ3n) is 2.82. The molecule has 134 valence electrons. The van der Waals surface area contributed by atoms with Crippen LogP contribution in [-0.2, 0) is 0 Å². The van der Waals surface area contributed by atoms with Crippen LogP contribution >= 0.6 is 0 Å². The van der Waals surface area contributed by atoms with Crippen LogP contribution in [0.5, 0.6) is 0 Å². The van der Waals surface area contributed by atoms with Crippen molar-refractivity contribution in [2.24, 2.45) is 5.92 Å². The lowest BCUT2D eigenvalue weighted by Gasteiger charge is -1.82. The predicted octanol–water partition coefficient (Wildman–Crippen LogP) is 7.65. The van der Waals surface area contributed by atoms with Gasteiger partial charge < -0.3 is 0 Å². The first-order chi connectivity index (χ1) is 11.9. The molecule has 0 atom stereocenters. The summed E-state index contributed by atoms with van der Waals surface area (Å²) in [6.07, 6.45) is 0. The molecular weight excluding hydrogens is 300 g/mol. The second kappa shape index (κ2) is 15.2. The van der Waals surface area contributed by atoms with Crippen LogP contribution in [0.4, 0.5) is 0 Å². The van der Waals surface area contributed by atoms with Crippen LogP contribution in [-0.4, -0.2) is 0 Å². The van der Waals surface area contributed by atoms with E-state index < -0.39 is 0 Å². The minimum Gasteiger partial charge on any atom is -0.0630 e. The molecule has 3 rings (SSSR count). The van der Waals surface area contributed by atoms with Crippen molar-refractivity contribution in [2.75, 3.05) is 0 Å². The van der Waals surface area contributed by atoms with Gasteiger partial charge in [-0.15, -0.1) is 0 Å². The predicted molar refractivity (Wildman–Crippen MR) is 114 cm³/mol. The molecule has 0 aliphatic rings. The van der Waals surface area contributed by atoms with Gasteiger partial charge >= 0.3 is 0 Å². The van der Waals surface area contributed by atoms with Crippen molar-refractivity contribution in [3.05, 3.63) is 108 Å². The summed E-state index contributed by atoms with van der Waals surface area (Å²) in [6, 6.07) is 30.8. The largest absolute Gasteiger partial charge is 0.0630 e. The number of hydrogen-bond acceptors (Lipinski definition) is 0. The van der Waals surface area contributed by atoms with Gasteiger partial charge in [0.05, 0.1) is 0 Å². The zero-order chi connectivity index (χ0) is 18.9. The Balaban J connectivity index is 0.000000314. The normalized spacial score (nSPS) is 8.76. The molecule has 0 N–H and O–H groups in total. The maximum Gasteiger partial charge on any atom is -0.0398 e. The third-order valence-corrected chi connectivity index (χ3v) is 2.82. The van der Waals surface area contributed by atoms with E-state index in [2.05, 4.69) is 77.9 Å². The molecule has 25 heavy (non-hydrogen) atoms. The van der Waals surface area contributed by atoms with Gasteiger partial charge in [0.15, 0.2) is 0 Å². The Morgan fingerprint density at radius 1 is 0.400 bits per heavy atom. The molecule has 0 unspecified atom stereocenters. The molecular formula is C25H34. The highest BCUT2D eigenvalue weighted by Gasteiger charge is 1.73. The van der Waals surface area contributed by atoms with Crippen LogP contribution < -0.4 is 0 Å². The van der Waals surface area contributed by atoms with Gasteiger partial charge in [0.25, 0.3) is 0 Å². The van der Waals surface area contributed by atoms with Gasteiger partial charge in [-0.1, -0.05) is 128 Å². The average Bonchev–Trinajstić information content (AvgIpc) is 2.58. The molecule has 0 nitrogen and oxygen atoms in total. The van der Waals surface area contributed by atoms with E-state index in [4.69, 9.17) is 0 Å². The summed E-state index contributed by atoms with van der Waals surface area (Å²) in [5, 5.41) is 0. The molecule has 0 heteroatoms. The van der Waals surface area contributed by atoms with Gasteiger partial charge in [-0.25, -0.2) is 0 Å². The van der Waals surface area contributed by atoms with Crippen LogP contribution in [0.15, 0.2) is 91.0 Å². The lowest BCUT2D eigenvalue weighted by atomic mass is 10.2. The molecule has 3 aromatic rings. The molecule has 0 bridgehead atoms. The highest BCUT2D eigenvalue weighted by Crippen LogP contribution is 1.93. The van der Waals surface area contributed by atoms with E-state index in [1.54, 1.807) is 0 Å². The molecule has 0 aliphatic carbocycles. The summed E-state index contributed by atoms with van der Waals surface area (Å²) >= 11 is 0. The first kappa shape index (κ1) is 22.7. The molecule has 0 spiro atoms. The average molecular weight is 335 g/mol. The Labute approximate surface area is 155 Å². The number of rotatable bonds is 0. The van der Waals surface area contributed by atoms with Crippen LogP contribution in [0, 0.1) is 26.7 Å². The monoisotopic (exact) mass is 334 g/mol. The van der Waals surface area contributed by atoms with Crippen LogP contribution in [0.2, 0.25) is 0 Å². The van der Waals surface area contributed by atoms with Crippen LogP contribution in [0.3, 0.4) is 0 Å². The summed E-state index contributed by atoms with van der Waals surface area (Å²) in [7, 11) is 0. The van der Waals surface area contributed by atoms with Crippen molar-refractivity contribution in [3.63, 3.8) is 0 Å². The molecule has 0 saturated carbocycles. The van der Waals surface area contributed by atoms with E-state index in [1.807, 2.05) is 54.6 Å².